The van der Waals surface area contributed by atoms with E-state index in [-0.39, 0.29) is 26.2 Å². The van der Waals surface area contributed by atoms with Gasteiger partial charge in [-0.05, 0) is 41.5 Å². The first-order valence-electron chi connectivity index (χ1n) is 7.04. The monoisotopic (exact) mass is 338 g/mol. The molecule has 2 aromatic carbocycles. The van der Waals surface area contributed by atoms with Crippen LogP contribution in [0.25, 0.3) is 17.2 Å². The minimum atomic E-state index is 0. The predicted molar refractivity (Wildman–Crippen MR) is 83.1 cm³/mol. The van der Waals surface area contributed by atoms with Crippen molar-refractivity contribution in [1.82, 2.24) is 0 Å². The third-order valence-corrected chi connectivity index (χ3v) is 4.02. The summed E-state index contributed by atoms with van der Waals surface area (Å²) in [5, 5.41) is 0. The van der Waals surface area contributed by atoms with Crippen LogP contribution in [-0.2, 0) is 32.6 Å². The molecule has 0 nitrogen and oxygen atoms in total. The van der Waals surface area contributed by atoms with Crippen molar-refractivity contribution < 1.29 is 26.2 Å². The van der Waals surface area contributed by atoms with Gasteiger partial charge in [-0.2, -0.15) is 0 Å². The molecule has 100 valence electrons. The molecule has 0 bridgehead atoms. The van der Waals surface area contributed by atoms with Crippen molar-refractivity contribution in [2.24, 2.45) is 5.92 Å². The summed E-state index contributed by atoms with van der Waals surface area (Å²) < 4.78 is 0. The molecular weight excluding hydrogens is 319 g/mol. The van der Waals surface area contributed by atoms with Gasteiger partial charge in [0.2, 0.25) is 0 Å². The summed E-state index contributed by atoms with van der Waals surface area (Å²) in [6.07, 6.45) is 3.52. The van der Waals surface area contributed by atoms with Gasteiger partial charge in [0.25, 0.3) is 0 Å². The molecule has 1 heteroatoms. The summed E-state index contributed by atoms with van der Waals surface area (Å²) >= 11 is 0. The van der Waals surface area contributed by atoms with Crippen LogP contribution >= 0.6 is 0 Å². The number of allylic oxidation sites excluding steroid dienone is 1. The molecule has 0 aromatic heterocycles. The van der Waals surface area contributed by atoms with Gasteiger partial charge in [-0.3, -0.25) is 0 Å². The molecule has 0 fully saturated rings. The van der Waals surface area contributed by atoms with Gasteiger partial charge >= 0.3 is 0 Å². The Kier molecular flexibility index (Phi) is 4.81. The van der Waals surface area contributed by atoms with Crippen molar-refractivity contribution >= 4 is 6.08 Å². The zero-order valence-corrected chi connectivity index (χ0v) is 14.9. The van der Waals surface area contributed by atoms with E-state index in [9.17, 15) is 0 Å². The number of hydrogen-bond donors (Lipinski definition) is 0. The fourth-order valence-corrected chi connectivity index (χ4v) is 2.75. The molecule has 0 saturated heterocycles. The van der Waals surface area contributed by atoms with E-state index in [4.69, 9.17) is 0 Å². The molecule has 0 atom stereocenters. The third-order valence-electron chi connectivity index (χ3n) is 4.02. The summed E-state index contributed by atoms with van der Waals surface area (Å²) in [5.41, 5.74) is 8.46. The summed E-state index contributed by atoms with van der Waals surface area (Å²) in [6, 6.07) is 15.5. The van der Waals surface area contributed by atoms with Crippen molar-refractivity contribution in [3.8, 4) is 11.1 Å². The van der Waals surface area contributed by atoms with Crippen molar-refractivity contribution in [2.75, 3.05) is 0 Å². The largest absolute Gasteiger partial charge is 0.0626 e. The van der Waals surface area contributed by atoms with Crippen LogP contribution in [0.2, 0.25) is 0 Å². The first kappa shape index (κ1) is 15.5. The Bertz CT molecular complexity index is 633. The van der Waals surface area contributed by atoms with Crippen LogP contribution in [0.1, 0.15) is 30.5 Å². The number of rotatable bonds is 2. The van der Waals surface area contributed by atoms with Crippen LogP contribution in [0.4, 0.5) is 0 Å². The molecule has 0 spiro atoms. The second-order valence-electron chi connectivity index (χ2n) is 5.80. The van der Waals surface area contributed by atoms with Gasteiger partial charge in [-0.1, -0.05) is 73.5 Å². The van der Waals surface area contributed by atoms with Crippen LogP contribution in [0.3, 0.4) is 0 Å². The molecular formula is C19H20Zr. The average molecular weight is 340 g/mol. The van der Waals surface area contributed by atoms with Gasteiger partial charge < -0.3 is 0 Å². The molecule has 0 aliphatic heterocycles. The molecule has 0 amide bonds. The molecule has 20 heavy (non-hydrogen) atoms. The minimum absolute atomic E-state index is 0. The second-order valence-corrected chi connectivity index (χ2v) is 5.80. The van der Waals surface area contributed by atoms with Crippen molar-refractivity contribution in [3.05, 3.63) is 64.7 Å². The topological polar surface area (TPSA) is 0 Å². The molecule has 3 rings (SSSR count). The number of aryl methyl sites for hydroxylation is 1. The Morgan fingerprint density at radius 3 is 2.30 bits per heavy atom. The van der Waals surface area contributed by atoms with Gasteiger partial charge in [-0.15, -0.1) is 0 Å². The Balaban J connectivity index is 0.00000147. The van der Waals surface area contributed by atoms with E-state index in [0.29, 0.717) is 5.92 Å². The van der Waals surface area contributed by atoms with E-state index in [1.165, 1.54) is 27.8 Å². The van der Waals surface area contributed by atoms with Gasteiger partial charge in [0.05, 0.1) is 0 Å². The standard InChI is InChI=1S/C19H20.Zr/c1-13(2)17-11-16-5-4-6-18(19(16)12-17)15-9-7-14(3)8-10-15;/h4-10,12-13H,11H2,1-3H3;. The van der Waals surface area contributed by atoms with Crippen molar-refractivity contribution in [3.63, 3.8) is 0 Å². The summed E-state index contributed by atoms with van der Waals surface area (Å²) in [4.78, 5) is 0. The fourth-order valence-electron chi connectivity index (χ4n) is 2.75. The Labute approximate surface area is 141 Å². The normalized spacial score (nSPS) is 12.9. The van der Waals surface area contributed by atoms with Gasteiger partial charge in [0.1, 0.15) is 0 Å². The summed E-state index contributed by atoms with van der Waals surface area (Å²) in [5.74, 6) is 0.637. The van der Waals surface area contributed by atoms with Crippen molar-refractivity contribution in [1.29, 1.82) is 0 Å². The third kappa shape index (κ3) is 2.89. The van der Waals surface area contributed by atoms with Gasteiger partial charge in [-0.25, -0.2) is 0 Å². The molecule has 1 aliphatic rings. The van der Waals surface area contributed by atoms with Crippen LogP contribution in [0, 0.1) is 12.8 Å². The average Bonchev–Trinajstić information content (AvgIpc) is 2.83. The maximum Gasteiger partial charge on any atom is 0 e. The number of fused-ring (bicyclic) bond motifs is 1. The molecule has 0 N–H and O–H groups in total. The Hall–Kier alpha value is -0.937. The molecule has 0 radical (unpaired) electrons. The Morgan fingerprint density at radius 2 is 1.65 bits per heavy atom. The van der Waals surface area contributed by atoms with E-state index in [1.54, 1.807) is 5.57 Å². The second kappa shape index (κ2) is 6.23. The van der Waals surface area contributed by atoms with Gasteiger partial charge in [0.15, 0.2) is 0 Å². The van der Waals surface area contributed by atoms with E-state index in [0.717, 1.165) is 6.42 Å². The summed E-state index contributed by atoms with van der Waals surface area (Å²) in [6.45, 7) is 6.70. The van der Waals surface area contributed by atoms with E-state index >= 15 is 0 Å². The smallest absolute Gasteiger partial charge is 0 e. The zero-order valence-electron chi connectivity index (χ0n) is 12.4. The van der Waals surface area contributed by atoms with Crippen LogP contribution < -0.4 is 0 Å². The Morgan fingerprint density at radius 1 is 0.950 bits per heavy atom. The first-order valence-corrected chi connectivity index (χ1v) is 7.04. The van der Waals surface area contributed by atoms with Gasteiger partial charge in [0, 0.05) is 26.2 Å². The molecule has 1 aliphatic carbocycles. The van der Waals surface area contributed by atoms with Crippen LogP contribution in [0.15, 0.2) is 48.0 Å². The summed E-state index contributed by atoms with van der Waals surface area (Å²) in [7, 11) is 0. The quantitative estimate of drug-likeness (QED) is 0.700. The molecule has 0 heterocycles. The predicted octanol–water partition coefficient (Wildman–Crippen LogP) is 5.26. The SMILES string of the molecule is Cc1ccc(-c2cccc3c2C=C(C(C)C)C3)cc1.[Zr]. The number of benzene rings is 2. The maximum atomic E-state index is 2.40. The first-order chi connectivity index (χ1) is 9.15. The fraction of sp³-hybridized carbons (Fsp3) is 0.263. The molecule has 2 aromatic rings. The van der Waals surface area contributed by atoms with E-state index in [2.05, 4.69) is 69.3 Å². The van der Waals surface area contributed by atoms with Crippen LogP contribution in [0.5, 0.6) is 0 Å². The molecule has 0 saturated carbocycles. The van der Waals surface area contributed by atoms with Crippen LogP contribution in [-0.4, -0.2) is 0 Å². The van der Waals surface area contributed by atoms with E-state index in [1.807, 2.05) is 0 Å². The minimum Gasteiger partial charge on any atom is -0.0626 e. The number of hydrogen-bond acceptors (Lipinski definition) is 0. The van der Waals surface area contributed by atoms with Crippen molar-refractivity contribution in [2.45, 2.75) is 27.2 Å². The molecule has 0 unspecified atom stereocenters. The van der Waals surface area contributed by atoms with E-state index < -0.39 is 0 Å². The maximum absolute atomic E-state index is 2.40. The zero-order chi connectivity index (χ0) is 13.4.